The predicted molar refractivity (Wildman–Crippen MR) is 88.9 cm³/mol. The number of carboxylic acids is 1. The number of hydrogen-bond donors (Lipinski definition) is 1. The lowest BCUT2D eigenvalue weighted by molar-refractivity contribution is -0.0171. The van der Waals surface area contributed by atoms with Crippen LogP contribution in [0.2, 0.25) is 5.02 Å². The van der Waals surface area contributed by atoms with Gasteiger partial charge in [0.05, 0.1) is 34.8 Å². The molecule has 0 aliphatic carbocycles. The van der Waals surface area contributed by atoms with E-state index in [2.05, 4.69) is 9.97 Å². The maximum atomic E-state index is 14.3. The molecule has 0 aliphatic rings. The first-order chi connectivity index (χ1) is 12.0. The molecule has 9 heteroatoms. The highest BCUT2D eigenvalue weighted by Crippen LogP contribution is 2.35. The molecule has 0 spiro atoms. The van der Waals surface area contributed by atoms with Crippen molar-refractivity contribution in [1.82, 2.24) is 9.97 Å². The summed E-state index contributed by atoms with van der Waals surface area (Å²) < 4.78 is 46.3. The van der Waals surface area contributed by atoms with Crippen LogP contribution >= 0.6 is 11.6 Å². The van der Waals surface area contributed by atoms with Gasteiger partial charge in [-0.25, -0.2) is 22.9 Å². The maximum absolute atomic E-state index is 14.3. The lowest BCUT2D eigenvalue weighted by Gasteiger charge is -2.19. The van der Waals surface area contributed by atoms with E-state index < -0.39 is 40.6 Å². The van der Waals surface area contributed by atoms with Crippen molar-refractivity contribution in [1.29, 1.82) is 0 Å². The number of hydrogen-bond acceptors (Lipinski definition) is 4. The van der Waals surface area contributed by atoms with Crippen LogP contribution in [0, 0.1) is 5.82 Å². The number of halogens is 4. The number of aromatic carboxylic acids is 1. The zero-order valence-corrected chi connectivity index (χ0v) is 14.9. The Morgan fingerprint density at radius 2 is 2.00 bits per heavy atom. The smallest absolute Gasteiger partial charge is 0.356 e. The van der Waals surface area contributed by atoms with Gasteiger partial charge in [0.25, 0.3) is 6.43 Å². The third-order valence-corrected chi connectivity index (χ3v) is 3.60. The molecule has 0 atom stereocenters. The van der Waals surface area contributed by atoms with Gasteiger partial charge in [-0.15, -0.1) is 0 Å². The second-order valence-electron chi connectivity index (χ2n) is 6.38. The SMILES string of the molecule is CC(C)(C)OCc1ncc(-c2c(C(F)F)ccc(Cl)c2F)nc1C(=O)O. The third kappa shape index (κ3) is 4.50. The number of carbonyl (C=O) groups is 1. The molecular formula is C17H16ClF3N2O3. The molecule has 0 bridgehead atoms. The maximum Gasteiger partial charge on any atom is 0.356 e. The summed E-state index contributed by atoms with van der Waals surface area (Å²) in [4.78, 5) is 19.2. The van der Waals surface area contributed by atoms with Gasteiger partial charge in [-0.1, -0.05) is 17.7 Å². The van der Waals surface area contributed by atoms with Crippen molar-refractivity contribution in [2.24, 2.45) is 0 Å². The largest absolute Gasteiger partial charge is 0.476 e. The molecule has 1 aromatic heterocycles. The molecule has 0 saturated carbocycles. The molecule has 2 rings (SSSR count). The van der Waals surface area contributed by atoms with Gasteiger partial charge in [-0.3, -0.25) is 4.98 Å². The van der Waals surface area contributed by atoms with E-state index in [0.717, 1.165) is 18.3 Å². The van der Waals surface area contributed by atoms with Gasteiger partial charge < -0.3 is 9.84 Å². The van der Waals surface area contributed by atoms with Crippen molar-refractivity contribution in [3.8, 4) is 11.3 Å². The lowest BCUT2D eigenvalue weighted by atomic mass is 10.0. The van der Waals surface area contributed by atoms with Crippen LogP contribution < -0.4 is 0 Å². The van der Waals surface area contributed by atoms with Crippen molar-refractivity contribution in [2.75, 3.05) is 0 Å². The minimum atomic E-state index is -3.00. The lowest BCUT2D eigenvalue weighted by Crippen LogP contribution is -2.21. The fourth-order valence-electron chi connectivity index (χ4n) is 2.10. The summed E-state index contributed by atoms with van der Waals surface area (Å²) in [6.45, 7) is 5.15. The van der Waals surface area contributed by atoms with Crippen molar-refractivity contribution in [3.05, 3.63) is 46.1 Å². The average molecular weight is 389 g/mol. The zero-order valence-electron chi connectivity index (χ0n) is 14.2. The van der Waals surface area contributed by atoms with Gasteiger partial charge in [-0.05, 0) is 26.8 Å². The molecule has 0 amide bonds. The second-order valence-corrected chi connectivity index (χ2v) is 6.79. The number of alkyl halides is 2. The van der Waals surface area contributed by atoms with E-state index in [1.54, 1.807) is 20.8 Å². The minimum absolute atomic E-state index is 0.00259. The predicted octanol–water partition coefficient (Wildman–Crippen LogP) is 4.89. The fourth-order valence-corrected chi connectivity index (χ4v) is 2.26. The molecule has 2 aromatic rings. The van der Waals surface area contributed by atoms with E-state index >= 15 is 0 Å². The van der Waals surface area contributed by atoms with Crippen LogP contribution in [0.5, 0.6) is 0 Å². The Kier molecular flexibility index (Phi) is 5.87. The van der Waals surface area contributed by atoms with Crippen molar-refractivity contribution < 1.29 is 27.8 Å². The number of ether oxygens (including phenoxy) is 1. The van der Waals surface area contributed by atoms with Crippen LogP contribution in [0.3, 0.4) is 0 Å². The molecule has 26 heavy (non-hydrogen) atoms. The van der Waals surface area contributed by atoms with Gasteiger partial charge >= 0.3 is 5.97 Å². The first kappa shape index (κ1) is 20.1. The van der Waals surface area contributed by atoms with Crippen LogP contribution in [-0.4, -0.2) is 26.6 Å². The summed E-state index contributed by atoms with van der Waals surface area (Å²) in [5.41, 5.74) is -2.65. The van der Waals surface area contributed by atoms with Gasteiger partial charge in [-0.2, -0.15) is 0 Å². The number of aromatic nitrogens is 2. The molecule has 0 radical (unpaired) electrons. The van der Waals surface area contributed by atoms with E-state index in [4.69, 9.17) is 16.3 Å². The molecule has 1 N–H and O–H groups in total. The zero-order chi connectivity index (χ0) is 19.6. The van der Waals surface area contributed by atoms with Crippen LogP contribution in [0.1, 0.15) is 48.9 Å². The number of benzene rings is 1. The minimum Gasteiger partial charge on any atom is -0.476 e. The molecule has 0 aliphatic heterocycles. The summed E-state index contributed by atoms with van der Waals surface area (Å²) in [6.07, 6.45) is -1.98. The van der Waals surface area contributed by atoms with E-state index in [-0.39, 0.29) is 23.0 Å². The Hall–Kier alpha value is -2.19. The summed E-state index contributed by atoms with van der Waals surface area (Å²) in [7, 11) is 0. The van der Waals surface area contributed by atoms with E-state index in [1.165, 1.54) is 0 Å². The van der Waals surface area contributed by atoms with Gasteiger partial charge in [0.2, 0.25) is 0 Å². The molecule has 5 nitrogen and oxygen atoms in total. The molecule has 140 valence electrons. The molecule has 0 unspecified atom stereocenters. The fraction of sp³-hybridized carbons (Fsp3) is 0.353. The summed E-state index contributed by atoms with van der Waals surface area (Å²) >= 11 is 5.67. The van der Waals surface area contributed by atoms with Crippen molar-refractivity contribution in [2.45, 2.75) is 39.4 Å². The normalized spacial score (nSPS) is 11.8. The standard InChI is InChI=1S/C17H16ClF3N2O3/c1-17(2,3)26-7-11-14(16(24)25)23-10(6-22-11)12-8(15(20)21)4-5-9(18)13(12)19/h4-6,15H,7H2,1-3H3,(H,24,25). The number of rotatable bonds is 5. The quantitative estimate of drug-likeness (QED) is 0.789. The highest BCUT2D eigenvalue weighted by molar-refractivity contribution is 6.31. The number of nitrogens with zero attached hydrogens (tertiary/aromatic N) is 2. The van der Waals surface area contributed by atoms with Gasteiger partial charge in [0, 0.05) is 11.1 Å². The van der Waals surface area contributed by atoms with E-state index in [0.29, 0.717) is 0 Å². The highest BCUT2D eigenvalue weighted by atomic mass is 35.5. The summed E-state index contributed by atoms with van der Waals surface area (Å²) in [5.74, 6) is -2.55. The van der Waals surface area contributed by atoms with Crippen LogP contribution in [0.4, 0.5) is 13.2 Å². The average Bonchev–Trinajstić information content (AvgIpc) is 2.54. The molecular weight excluding hydrogens is 373 g/mol. The van der Waals surface area contributed by atoms with Crippen LogP contribution in [0.15, 0.2) is 18.3 Å². The van der Waals surface area contributed by atoms with Crippen molar-refractivity contribution in [3.63, 3.8) is 0 Å². The van der Waals surface area contributed by atoms with Crippen LogP contribution in [-0.2, 0) is 11.3 Å². The Morgan fingerprint density at radius 3 is 2.54 bits per heavy atom. The molecule has 0 fully saturated rings. The summed E-state index contributed by atoms with van der Waals surface area (Å²) in [5, 5.41) is 8.96. The van der Waals surface area contributed by atoms with E-state index in [1.807, 2.05) is 0 Å². The highest BCUT2D eigenvalue weighted by Gasteiger charge is 2.24. The first-order valence-corrected chi connectivity index (χ1v) is 7.88. The van der Waals surface area contributed by atoms with Crippen molar-refractivity contribution >= 4 is 17.6 Å². The number of carboxylic acid groups (broad SMARTS) is 1. The second kappa shape index (κ2) is 7.59. The molecule has 1 heterocycles. The van der Waals surface area contributed by atoms with Crippen LogP contribution in [0.25, 0.3) is 11.3 Å². The topological polar surface area (TPSA) is 72.3 Å². The monoisotopic (exact) mass is 388 g/mol. The molecule has 0 saturated heterocycles. The summed E-state index contributed by atoms with van der Waals surface area (Å²) in [6, 6.07) is 1.96. The Balaban J connectivity index is 2.58. The third-order valence-electron chi connectivity index (χ3n) is 3.31. The Bertz CT molecular complexity index is 839. The molecule has 1 aromatic carbocycles. The van der Waals surface area contributed by atoms with E-state index in [9.17, 15) is 23.1 Å². The van der Waals surface area contributed by atoms with Gasteiger partial charge in [0.15, 0.2) is 11.5 Å². The Labute approximate surface area is 152 Å². The van der Waals surface area contributed by atoms with Gasteiger partial charge in [0.1, 0.15) is 0 Å². The Morgan fingerprint density at radius 1 is 1.35 bits per heavy atom. The first-order valence-electron chi connectivity index (χ1n) is 7.51.